The van der Waals surface area contributed by atoms with E-state index >= 15 is 0 Å². The van der Waals surface area contributed by atoms with Crippen molar-refractivity contribution in [3.8, 4) is 0 Å². The van der Waals surface area contributed by atoms with E-state index < -0.39 is 0 Å². The largest absolute Gasteiger partial charge is 0.668 e. The molecule has 0 aromatic carbocycles. The van der Waals surface area contributed by atoms with Crippen LogP contribution in [-0.4, -0.2) is 52.3 Å². The molecule has 5 heteroatoms. The smallest absolute Gasteiger partial charge is 0.506 e. The highest BCUT2D eigenvalue weighted by Gasteiger charge is 1.93. The van der Waals surface area contributed by atoms with Crippen LogP contribution in [-0.2, 0) is 11.4 Å². The Balaban J connectivity index is 0. The van der Waals surface area contributed by atoms with Crippen molar-refractivity contribution in [1.82, 2.24) is 0 Å². The molecule has 0 spiro atoms. The maximum atomic E-state index is 5.15. The minimum absolute atomic E-state index is 0.182. The maximum Gasteiger partial charge on any atom is 0.668 e. The topological polar surface area (TPSA) is 27.7 Å². The molecule has 0 saturated heterocycles. The summed E-state index contributed by atoms with van der Waals surface area (Å²) >= 11 is 0.707. The summed E-state index contributed by atoms with van der Waals surface area (Å²) in [7, 11) is 0. The van der Waals surface area contributed by atoms with Gasteiger partial charge in [-0.1, -0.05) is 13.8 Å². The second kappa shape index (κ2) is 18.7. The Hall–Kier alpha value is 0.945. The molecule has 0 unspecified atom stereocenters. The zero-order valence-corrected chi connectivity index (χ0v) is 12.5. The lowest BCUT2D eigenvalue weighted by Gasteiger charge is -1.99. The second-order valence-electron chi connectivity index (χ2n) is 2.42. The summed E-state index contributed by atoms with van der Waals surface area (Å²) in [6.45, 7) is 8.76. The normalized spacial score (nSPS) is 8.85. The maximum absolute atomic E-state index is 5.15. The minimum Gasteiger partial charge on any atom is -0.506 e. The zero-order valence-electron chi connectivity index (χ0n) is 9.34. The van der Waals surface area contributed by atoms with Crippen LogP contribution in [0, 0.1) is 0 Å². The van der Waals surface area contributed by atoms with Gasteiger partial charge in [0.15, 0.2) is 0 Å². The molecule has 0 fully saturated rings. The third kappa shape index (κ3) is 24.6. The van der Waals surface area contributed by atoms with Gasteiger partial charge in [0.2, 0.25) is 0 Å². The van der Waals surface area contributed by atoms with Gasteiger partial charge in [-0.15, -0.1) is 0 Å². The highest BCUT2D eigenvalue weighted by Crippen LogP contribution is 1.81. The van der Waals surface area contributed by atoms with E-state index in [0.717, 1.165) is 49.3 Å². The highest BCUT2D eigenvalue weighted by molar-refractivity contribution is 6.17. The fraction of sp³-hybridized carbons (Fsp3) is 1.00. The molecular weight excluding hydrogens is 198 g/mol. The van der Waals surface area contributed by atoms with Gasteiger partial charge in [0.05, 0.1) is 0 Å². The van der Waals surface area contributed by atoms with Crippen molar-refractivity contribution < 1.29 is 11.4 Å². The van der Waals surface area contributed by atoms with Crippen LogP contribution in [0.25, 0.3) is 0 Å². The average molecular weight is 219 g/mol. The van der Waals surface area contributed by atoms with E-state index in [0.29, 0.717) is 0 Å². The van der Waals surface area contributed by atoms with E-state index in [9.17, 15) is 0 Å². The van der Waals surface area contributed by atoms with E-state index in [4.69, 9.17) is 7.58 Å². The molecule has 0 aliphatic carbocycles. The van der Waals surface area contributed by atoms with Crippen LogP contribution in [0.5, 0.6) is 0 Å². The third-order valence-corrected chi connectivity index (χ3v) is 2.39. The van der Waals surface area contributed by atoms with Crippen LogP contribution in [0.1, 0.15) is 33.6 Å². The third-order valence-electron chi connectivity index (χ3n) is 1.07. The van der Waals surface area contributed by atoms with Crippen molar-refractivity contribution >= 4 is 32.5 Å². The molecule has 3 nitrogen and oxygen atoms in total. The van der Waals surface area contributed by atoms with Crippen molar-refractivity contribution in [3.05, 3.63) is 0 Å². The molecule has 0 aromatic heterocycles. The molecule has 1 radical (unpaired) electrons. The van der Waals surface area contributed by atoms with Crippen molar-refractivity contribution in [2.24, 2.45) is 0 Å². The quantitative estimate of drug-likeness (QED) is 0.471. The summed E-state index contributed by atoms with van der Waals surface area (Å²) in [5.74, 6) is 0. The van der Waals surface area contributed by atoms with Gasteiger partial charge in [0.25, 0.3) is 0 Å². The Labute approximate surface area is 97.3 Å². The Bertz CT molecular complexity index is 66.4. The van der Waals surface area contributed by atoms with Crippen molar-refractivity contribution in [1.29, 1.82) is 0 Å². The Kier molecular flexibility index (Phi) is 23.5. The lowest BCUT2D eigenvalue weighted by atomic mass is 10.5. The average Bonchev–Trinajstić information content (AvgIpc) is 2.18. The van der Waals surface area contributed by atoms with Crippen LogP contribution in [0.3, 0.4) is 0 Å². The highest BCUT2D eigenvalue weighted by atomic mass is 27.2. The summed E-state index contributed by atoms with van der Waals surface area (Å²) in [6, 6.07) is 0. The van der Waals surface area contributed by atoms with Gasteiger partial charge in [-0.05, 0) is 19.8 Å². The van der Waals surface area contributed by atoms with E-state index in [1.807, 2.05) is 6.92 Å². The van der Waals surface area contributed by atoms with E-state index in [1.165, 1.54) is 0 Å². The van der Waals surface area contributed by atoms with Crippen LogP contribution in [0.4, 0.5) is 0 Å². The SMILES string of the molecule is CCC[O][Al][O]CCC.CC[O][AlH2]. The fourth-order valence-corrected chi connectivity index (χ4v) is 1.14. The molecule has 0 aromatic rings. The molecule has 0 rings (SSSR count). The van der Waals surface area contributed by atoms with Crippen LogP contribution < -0.4 is 0 Å². The molecule has 0 bridgehead atoms. The van der Waals surface area contributed by atoms with Gasteiger partial charge in [0, 0.05) is 19.8 Å². The summed E-state index contributed by atoms with van der Waals surface area (Å²) in [6.07, 6.45) is 2.17. The molecule has 0 aliphatic heterocycles. The molecule has 0 atom stereocenters. The first-order valence-electron chi connectivity index (χ1n) is 4.87. The van der Waals surface area contributed by atoms with Crippen LogP contribution >= 0.6 is 0 Å². The Morgan fingerprint density at radius 1 is 1.00 bits per heavy atom. The fourth-order valence-electron chi connectivity index (χ4n) is 0.380. The van der Waals surface area contributed by atoms with E-state index in [-0.39, 0.29) is 15.9 Å². The Morgan fingerprint density at radius 2 is 1.38 bits per heavy atom. The van der Waals surface area contributed by atoms with E-state index in [2.05, 4.69) is 17.6 Å². The van der Waals surface area contributed by atoms with Crippen molar-refractivity contribution in [2.45, 2.75) is 33.6 Å². The lowest BCUT2D eigenvalue weighted by molar-refractivity contribution is 0.222. The van der Waals surface area contributed by atoms with Gasteiger partial charge in [0.1, 0.15) is 0 Å². The van der Waals surface area contributed by atoms with Gasteiger partial charge < -0.3 is 11.4 Å². The molecule has 13 heavy (non-hydrogen) atoms. The standard InChI is InChI=1S/2C3H7O.C2H5O.2Al.2H/c2*1-2-3-4;1-2-3;;;;/h2*2-3H2,1H3;2H2,1H3;;;;/q3*-1;+1;+2;;. The van der Waals surface area contributed by atoms with Crippen LogP contribution in [0.15, 0.2) is 0 Å². The summed E-state index contributed by atoms with van der Waals surface area (Å²) < 4.78 is 15.0. The van der Waals surface area contributed by atoms with Crippen molar-refractivity contribution in [2.75, 3.05) is 19.8 Å². The molecule has 0 aliphatic rings. The summed E-state index contributed by atoms with van der Waals surface area (Å²) in [5.41, 5.74) is 0. The zero-order chi connectivity index (χ0) is 10.4. The molecule has 77 valence electrons. The summed E-state index contributed by atoms with van der Waals surface area (Å²) in [4.78, 5) is 0. The predicted molar refractivity (Wildman–Crippen MR) is 58.4 cm³/mol. The first-order valence-corrected chi connectivity index (χ1v) is 6.63. The van der Waals surface area contributed by atoms with Crippen LogP contribution in [0.2, 0.25) is 0 Å². The van der Waals surface area contributed by atoms with Gasteiger partial charge in [-0.2, -0.15) is 0 Å². The second-order valence-corrected chi connectivity index (χ2v) is 3.85. The first kappa shape index (κ1) is 16.4. The predicted octanol–water partition coefficient (Wildman–Crippen LogP) is 0.945. The summed E-state index contributed by atoms with van der Waals surface area (Å²) in [5, 5.41) is 0. The molecule has 0 amide bonds. The van der Waals surface area contributed by atoms with Gasteiger partial charge in [-0.3, -0.25) is 0 Å². The monoisotopic (exact) mass is 219 g/mol. The molecule has 0 heterocycles. The van der Waals surface area contributed by atoms with Crippen molar-refractivity contribution in [3.63, 3.8) is 0 Å². The van der Waals surface area contributed by atoms with Gasteiger partial charge in [-0.25, -0.2) is 0 Å². The van der Waals surface area contributed by atoms with Gasteiger partial charge >= 0.3 is 32.5 Å². The molecule has 0 saturated carbocycles. The first-order chi connectivity index (χ1) is 6.33. The van der Waals surface area contributed by atoms with E-state index in [1.54, 1.807) is 0 Å². The molecular formula is C8H21Al2O3. The molecule has 0 N–H and O–H groups in total. The Morgan fingerprint density at radius 3 is 1.62 bits per heavy atom. The lowest BCUT2D eigenvalue weighted by Crippen LogP contribution is -2.05. The number of rotatable bonds is 7. The number of hydrogen-bond donors (Lipinski definition) is 0. The minimum atomic E-state index is -0.182. The number of hydrogen-bond acceptors (Lipinski definition) is 3.